The van der Waals surface area contributed by atoms with E-state index in [1.807, 2.05) is 30.5 Å². The maximum absolute atomic E-state index is 11.7. The molecule has 0 aliphatic heterocycles. The van der Waals surface area contributed by atoms with E-state index in [9.17, 15) is 14.7 Å². The summed E-state index contributed by atoms with van der Waals surface area (Å²) >= 11 is 0. The molecule has 0 unspecified atom stereocenters. The summed E-state index contributed by atoms with van der Waals surface area (Å²) in [6, 6.07) is 7.24. The first kappa shape index (κ1) is 21.6. The molecule has 31 heavy (non-hydrogen) atoms. The van der Waals surface area contributed by atoms with Gasteiger partial charge >= 0.3 is 11.8 Å². The summed E-state index contributed by atoms with van der Waals surface area (Å²) in [4.78, 5) is 37.3. The summed E-state index contributed by atoms with van der Waals surface area (Å²) in [5, 5.41) is 11.6. The smallest absolute Gasteiger partial charge is 0.359 e. The van der Waals surface area contributed by atoms with Crippen LogP contribution in [0.25, 0.3) is 10.9 Å². The molecular formula is C24H23N4O3+. The van der Waals surface area contributed by atoms with Gasteiger partial charge in [0.15, 0.2) is 12.6 Å². The fourth-order valence-corrected chi connectivity index (χ4v) is 3.01. The van der Waals surface area contributed by atoms with Gasteiger partial charge < -0.3 is 10.1 Å². The maximum atomic E-state index is 11.7. The molecule has 1 amide bonds. The third-order valence-corrected chi connectivity index (χ3v) is 4.60. The van der Waals surface area contributed by atoms with Crippen molar-refractivity contribution in [1.82, 2.24) is 4.98 Å². The predicted molar refractivity (Wildman–Crippen MR) is 122 cm³/mol. The maximum Gasteiger partial charge on any atom is 0.359 e. The number of nitrogens with one attached hydrogen (secondary N) is 2. The Morgan fingerprint density at radius 3 is 2.84 bits per heavy atom. The van der Waals surface area contributed by atoms with Crippen molar-refractivity contribution in [2.24, 2.45) is 9.98 Å². The molecule has 7 nitrogen and oxygen atoms in total. The number of para-hydroxylation sites is 1. The third-order valence-electron chi connectivity index (χ3n) is 4.60. The van der Waals surface area contributed by atoms with E-state index >= 15 is 0 Å². The van der Waals surface area contributed by atoms with E-state index in [2.05, 4.69) is 32.4 Å². The van der Waals surface area contributed by atoms with Gasteiger partial charge in [0.1, 0.15) is 0 Å². The molecule has 0 saturated heterocycles. The van der Waals surface area contributed by atoms with Crippen LogP contribution >= 0.6 is 0 Å². The summed E-state index contributed by atoms with van der Waals surface area (Å²) in [7, 11) is 0. The number of aromatic amines is 1. The molecule has 156 valence electrons. The van der Waals surface area contributed by atoms with Gasteiger partial charge in [-0.1, -0.05) is 36.9 Å². The van der Waals surface area contributed by atoms with Crippen molar-refractivity contribution < 1.29 is 19.7 Å². The summed E-state index contributed by atoms with van der Waals surface area (Å²) in [5.41, 5.74) is 2.71. The minimum Gasteiger partial charge on any atom is -0.462 e. The first-order chi connectivity index (χ1) is 15.0. The van der Waals surface area contributed by atoms with E-state index in [0.29, 0.717) is 18.5 Å². The Hall–Kier alpha value is -4.09. The number of benzene rings is 1. The topological polar surface area (TPSA) is 109 Å². The lowest BCUT2D eigenvalue weighted by molar-refractivity contribution is -0.456. The van der Waals surface area contributed by atoms with Crippen LogP contribution in [-0.2, 0) is 16.0 Å². The van der Waals surface area contributed by atoms with Crippen molar-refractivity contribution in [3.8, 4) is 0 Å². The van der Waals surface area contributed by atoms with Crippen LogP contribution in [0, 0.1) is 0 Å². The molecule has 0 fully saturated rings. The van der Waals surface area contributed by atoms with Crippen molar-refractivity contribution in [3.05, 3.63) is 78.6 Å². The first-order valence-corrected chi connectivity index (χ1v) is 9.76. The number of aromatic nitrogens is 1. The third kappa shape index (κ3) is 5.50. The van der Waals surface area contributed by atoms with Crippen LogP contribution in [0.3, 0.4) is 0 Å². The lowest BCUT2D eigenvalue weighted by Gasteiger charge is -2.06. The largest absolute Gasteiger partial charge is 0.462 e. The van der Waals surface area contributed by atoms with E-state index in [1.165, 1.54) is 6.92 Å². The number of rotatable bonds is 7. The standard InChI is InChI=1S/C24H22N4O3/c1-3-12-25-24(31)22(13-18-15-26-21-11-7-5-9-19(18)21)27-14-17-8-4-6-10-20(17)28-23(30)16(2)29/h3-11,15,22,26H,1,12-13H2,2H3,(H,25,31)/p+1/t22-/m0/s1. The van der Waals surface area contributed by atoms with Crippen LogP contribution < -0.4 is 4.99 Å². The summed E-state index contributed by atoms with van der Waals surface area (Å²) < 4.78 is 0. The van der Waals surface area contributed by atoms with E-state index in [4.69, 9.17) is 0 Å². The molecule has 2 aromatic rings. The number of hydrogen-bond donors (Lipinski definition) is 3. The highest BCUT2D eigenvalue weighted by Gasteiger charge is 2.21. The fraction of sp³-hybridized carbons (Fsp3) is 0.167. The summed E-state index contributed by atoms with van der Waals surface area (Å²) in [6.07, 6.45) is 10.7. The molecule has 3 N–H and O–H groups in total. The van der Waals surface area contributed by atoms with Gasteiger partial charge in [-0.2, -0.15) is 0 Å². The highest BCUT2D eigenvalue weighted by atomic mass is 16.3. The number of hydrogen-bond acceptors (Lipinski definition) is 3. The molecule has 0 saturated carbocycles. The number of carbonyl (C=O) groups excluding carboxylic acids is 2. The summed E-state index contributed by atoms with van der Waals surface area (Å²) in [5.74, 6) is 1.37. The number of nitrogens with zero attached hydrogens (tertiary/aromatic N) is 2. The fourth-order valence-electron chi connectivity index (χ4n) is 3.01. The normalized spacial score (nSPS) is 15.7. The van der Waals surface area contributed by atoms with Crippen LogP contribution in [0.4, 0.5) is 0 Å². The number of allylic oxidation sites excluding steroid dienone is 5. The number of aliphatic imine (C=N–C) groups is 2. The number of H-pyrrole nitrogens is 1. The Labute approximate surface area is 179 Å². The number of carbonyl (C=O) groups is 2. The van der Waals surface area contributed by atoms with E-state index in [1.54, 1.807) is 30.4 Å². The lowest BCUT2D eigenvalue weighted by atomic mass is 10.0. The van der Waals surface area contributed by atoms with E-state index in [-0.39, 0.29) is 11.6 Å². The van der Waals surface area contributed by atoms with Gasteiger partial charge in [0, 0.05) is 30.4 Å². The molecule has 0 radical (unpaired) electrons. The van der Waals surface area contributed by atoms with Gasteiger partial charge in [-0.3, -0.25) is 9.59 Å². The zero-order valence-electron chi connectivity index (χ0n) is 17.1. The number of fused-ring (bicyclic) bond motifs is 1. The van der Waals surface area contributed by atoms with Gasteiger partial charge in [-0.25, -0.2) is 15.0 Å². The van der Waals surface area contributed by atoms with Crippen molar-refractivity contribution in [2.45, 2.75) is 19.4 Å². The van der Waals surface area contributed by atoms with Crippen LogP contribution in [-0.4, -0.2) is 51.8 Å². The van der Waals surface area contributed by atoms with Crippen LogP contribution in [0.2, 0.25) is 0 Å². The quantitative estimate of drug-likeness (QED) is 0.276. The zero-order valence-corrected chi connectivity index (χ0v) is 17.1. The highest BCUT2D eigenvalue weighted by molar-refractivity contribution is 6.39. The Morgan fingerprint density at radius 2 is 2.06 bits per heavy atom. The molecule has 1 aromatic heterocycles. The Balaban J connectivity index is 1.99. The molecular weight excluding hydrogens is 392 g/mol. The van der Waals surface area contributed by atoms with E-state index < -0.39 is 17.7 Å². The van der Waals surface area contributed by atoms with Gasteiger partial charge in [0.2, 0.25) is 5.78 Å². The molecule has 0 spiro atoms. The number of amides is 1. The van der Waals surface area contributed by atoms with Crippen LogP contribution in [0.5, 0.6) is 0 Å². The number of ketones is 1. The minimum absolute atomic E-state index is 0.0214. The second-order valence-electron chi connectivity index (χ2n) is 6.87. The molecule has 3 rings (SSSR count). The van der Waals surface area contributed by atoms with Crippen molar-refractivity contribution in [3.63, 3.8) is 0 Å². The average Bonchev–Trinajstić information content (AvgIpc) is 3.18. The molecule has 1 aromatic carbocycles. The number of aliphatic hydroxyl groups excluding tert-OH is 1. The monoisotopic (exact) mass is 415 g/mol. The molecule has 0 bridgehead atoms. The van der Waals surface area contributed by atoms with Crippen molar-refractivity contribution >= 4 is 40.1 Å². The average molecular weight is 415 g/mol. The number of aliphatic hydroxyl groups is 1. The molecule has 7 heteroatoms. The van der Waals surface area contributed by atoms with Gasteiger partial charge in [0.25, 0.3) is 0 Å². The van der Waals surface area contributed by atoms with Crippen molar-refractivity contribution in [1.29, 1.82) is 0 Å². The zero-order chi connectivity index (χ0) is 22.2. The molecule has 1 aliphatic carbocycles. The molecule has 1 aliphatic rings. The van der Waals surface area contributed by atoms with Gasteiger partial charge in [0.05, 0.1) is 11.3 Å². The van der Waals surface area contributed by atoms with Gasteiger partial charge in [-0.15, -0.1) is 0 Å². The molecule has 1 atom stereocenters. The Kier molecular flexibility index (Phi) is 7.04. The van der Waals surface area contributed by atoms with Crippen LogP contribution in [0.1, 0.15) is 12.5 Å². The minimum atomic E-state index is -0.841. The van der Waals surface area contributed by atoms with Crippen molar-refractivity contribution in [2.75, 3.05) is 6.54 Å². The lowest BCUT2D eigenvalue weighted by Crippen LogP contribution is -2.75. The second-order valence-corrected chi connectivity index (χ2v) is 6.87. The predicted octanol–water partition coefficient (Wildman–Crippen LogP) is 1.58. The number of Topliss-reactive ketones (excluding diaryl/α,β-unsaturated/α-hetero) is 1. The first-order valence-electron chi connectivity index (χ1n) is 9.76. The van der Waals surface area contributed by atoms with Gasteiger partial charge in [-0.05, 0) is 35.7 Å². The van der Waals surface area contributed by atoms with E-state index in [0.717, 1.165) is 16.5 Å². The second kappa shape index (κ2) is 10.1. The summed E-state index contributed by atoms with van der Waals surface area (Å²) in [6.45, 7) is 5.19. The highest BCUT2D eigenvalue weighted by Crippen LogP contribution is 2.19. The Bertz CT molecular complexity index is 1200. The molecule has 1 heterocycles. The Morgan fingerprint density at radius 1 is 1.29 bits per heavy atom. The van der Waals surface area contributed by atoms with Crippen LogP contribution in [0.15, 0.2) is 83.0 Å². The SMILES string of the molecule is C=CC[NH+]=C(O)[C@H](Cc1c[nH]c2ccccc12)N=C=C1C=CC=CC1=NC(=O)C(C)=O.